The second-order valence-electron chi connectivity index (χ2n) is 6.67. The van der Waals surface area contributed by atoms with Crippen LogP contribution in [-0.2, 0) is 0 Å². The van der Waals surface area contributed by atoms with Crippen LogP contribution in [0.5, 0.6) is 0 Å². The van der Waals surface area contributed by atoms with Gasteiger partial charge in [0.05, 0.1) is 0 Å². The van der Waals surface area contributed by atoms with Crippen molar-refractivity contribution in [3.05, 3.63) is 34.7 Å². The van der Waals surface area contributed by atoms with E-state index >= 15 is 0 Å². The van der Waals surface area contributed by atoms with Crippen molar-refractivity contribution < 1.29 is 4.79 Å². The highest BCUT2D eigenvalue weighted by Crippen LogP contribution is 2.25. The molecule has 2 aromatic heterocycles. The van der Waals surface area contributed by atoms with Gasteiger partial charge in [-0.1, -0.05) is 0 Å². The highest BCUT2D eigenvalue weighted by atomic mass is 16.2. The second-order valence-corrected chi connectivity index (χ2v) is 6.67. The maximum atomic E-state index is 11.9. The minimum Gasteiger partial charge on any atom is -0.365 e. The molecule has 1 fully saturated rings. The monoisotopic (exact) mass is 355 g/mol. The van der Waals surface area contributed by atoms with E-state index in [0.717, 1.165) is 53.7 Å². The van der Waals surface area contributed by atoms with Gasteiger partial charge in [-0.05, 0) is 34.1 Å². The summed E-state index contributed by atoms with van der Waals surface area (Å²) in [6.07, 6.45) is 2.56. The van der Waals surface area contributed by atoms with Crippen LogP contribution in [0.15, 0.2) is 6.33 Å². The van der Waals surface area contributed by atoms with Gasteiger partial charge in [-0.3, -0.25) is 4.79 Å². The molecule has 0 unspecified atom stereocenters. The standard InChI is InChI=1S/C18H25N7O/c1-10-12(3)20-9-21-15(10)23-14-6-7-25(8-14)17-11(2)13(4)22-16(24-17)18(26)19-5/h9,14H,6-8H2,1-5H3,(H,19,26)(H,20,21,23)/t14-/m1/s1. The summed E-state index contributed by atoms with van der Waals surface area (Å²) in [5.41, 5.74) is 3.89. The van der Waals surface area contributed by atoms with Gasteiger partial charge in [0.25, 0.3) is 5.91 Å². The van der Waals surface area contributed by atoms with Gasteiger partial charge in [0.15, 0.2) is 0 Å². The molecule has 0 spiro atoms. The first-order valence-corrected chi connectivity index (χ1v) is 8.77. The molecule has 8 heteroatoms. The molecule has 138 valence electrons. The van der Waals surface area contributed by atoms with Gasteiger partial charge in [-0.25, -0.2) is 19.9 Å². The van der Waals surface area contributed by atoms with E-state index in [1.165, 1.54) is 0 Å². The zero-order valence-electron chi connectivity index (χ0n) is 15.9. The third kappa shape index (κ3) is 3.44. The summed E-state index contributed by atoms with van der Waals surface area (Å²) >= 11 is 0. The summed E-state index contributed by atoms with van der Waals surface area (Å²) in [5, 5.41) is 6.11. The Labute approximate surface area is 153 Å². The van der Waals surface area contributed by atoms with Crippen molar-refractivity contribution >= 4 is 17.5 Å². The van der Waals surface area contributed by atoms with Crippen LogP contribution in [0.2, 0.25) is 0 Å². The molecule has 2 N–H and O–H groups in total. The van der Waals surface area contributed by atoms with E-state index in [2.05, 4.69) is 35.5 Å². The SMILES string of the molecule is CNC(=O)c1nc(C)c(C)c(N2CC[C@@H](Nc3ncnc(C)c3C)C2)n1. The number of aryl methyl sites for hydroxylation is 2. The fraction of sp³-hybridized carbons (Fsp3) is 0.500. The Kier molecular flexibility index (Phi) is 5.01. The van der Waals surface area contributed by atoms with E-state index in [9.17, 15) is 4.79 Å². The second kappa shape index (κ2) is 7.23. The summed E-state index contributed by atoms with van der Waals surface area (Å²) in [6, 6.07) is 0.265. The molecular weight excluding hydrogens is 330 g/mol. The Morgan fingerprint density at radius 3 is 2.62 bits per heavy atom. The lowest BCUT2D eigenvalue weighted by atomic mass is 10.2. The maximum Gasteiger partial charge on any atom is 0.288 e. The predicted molar refractivity (Wildman–Crippen MR) is 101 cm³/mol. The highest BCUT2D eigenvalue weighted by Gasteiger charge is 2.27. The molecule has 1 saturated heterocycles. The number of nitrogens with one attached hydrogen (secondary N) is 2. The first-order chi connectivity index (χ1) is 12.4. The molecule has 1 aliphatic rings. The quantitative estimate of drug-likeness (QED) is 0.859. The zero-order chi connectivity index (χ0) is 18.8. The Morgan fingerprint density at radius 1 is 1.12 bits per heavy atom. The number of hydrogen-bond donors (Lipinski definition) is 2. The smallest absolute Gasteiger partial charge is 0.288 e. The number of nitrogens with zero attached hydrogens (tertiary/aromatic N) is 5. The van der Waals surface area contributed by atoms with Gasteiger partial charge in [0, 0.05) is 48.7 Å². The van der Waals surface area contributed by atoms with Crippen LogP contribution < -0.4 is 15.5 Å². The summed E-state index contributed by atoms with van der Waals surface area (Å²) in [6.45, 7) is 9.58. The first-order valence-electron chi connectivity index (χ1n) is 8.77. The molecule has 0 saturated carbocycles. The van der Waals surface area contributed by atoms with Gasteiger partial charge >= 0.3 is 0 Å². The number of aromatic nitrogens is 4. The summed E-state index contributed by atoms with van der Waals surface area (Å²) in [5.74, 6) is 1.65. The topological polar surface area (TPSA) is 95.9 Å². The van der Waals surface area contributed by atoms with Crippen molar-refractivity contribution in [1.29, 1.82) is 0 Å². The minimum absolute atomic E-state index is 0.212. The Hall–Kier alpha value is -2.77. The lowest BCUT2D eigenvalue weighted by molar-refractivity contribution is 0.0952. The lowest BCUT2D eigenvalue weighted by Crippen LogP contribution is -2.29. The lowest BCUT2D eigenvalue weighted by Gasteiger charge is -2.21. The normalized spacial score (nSPS) is 16.7. The molecule has 8 nitrogen and oxygen atoms in total. The molecule has 0 aromatic carbocycles. The third-order valence-corrected chi connectivity index (χ3v) is 4.96. The predicted octanol–water partition coefficient (Wildman–Crippen LogP) is 1.55. The molecule has 3 rings (SSSR count). The maximum absolute atomic E-state index is 11.9. The Balaban J connectivity index is 1.79. The highest BCUT2D eigenvalue weighted by molar-refractivity contribution is 5.90. The van der Waals surface area contributed by atoms with E-state index in [4.69, 9.17) is 0 Å². The van der Waals surface area contributed by atoms with E-state index in [1.807, 2.05) is 27.7 Å². The van der Waals surface area contributed by atoms with Crippen LogP contribution in [0, 0.1) is 27.7 Å². The van der Waals surface area contributed by atoms with Crippen LogP contribution in [0.1, 0.15) is 39.6 Å². The summed E-state index contributed by atoms with van der Waals surface area (Å²) in [4.78, 5) is 31.5. The van der Waals surface area contributed by atoms with Crippen LogP contribution in [0.3, 0.4) is 0 Å². The van der Waals surface area contributed by atoms with Crippen molar-refractivity contribution in [2.45, 2.75) is 40.2 Å². The largest absolute Gasteiger partial charge is 0.365 e. The molecule has 0 aliphatic carbocycles. The number of amides is 1. The van der Waals surface area contributed by atoms with E-state index in [0.29, 0.717) is 0 Å². The van der Waals surface area contributed by atoms with Gasteiger partial charge in [-0.2, -0.15) is 0 Å². The molecule has 0 bridgehead atoms. The third-order valence-electron chi connectivity index (χ3n) is 4.96. The number of carbonyl (C=O) groups is 1. The van der Waals surface area contributed by atoms with Crippen molar-refractivity contribution in [2.24, 2.45) is 0 Å². The van der Waals surface area contributed by atoms with E-state index in [-0.39, 0.29) is 17.8 Å². The summed E-state index contributed by atoms with van der Waals surface area (Å²) in [7, 11) is 1.59. The molecule has 2 aromatic rings. The number of anilines is 2. The van der Waals surface area contributed by atoms with Crippen LogP contribution in [0.4, 0.5) is 11.6 Å². The van der Waals surface area contributed by atoms with Crippen LogP contribution in [0.25, 0.3) is 0 Å². The van der Waals surface area contributed by atoms with Crippen LogP contribution >= 0.6 is 0 Å². The molecule has 1 amide bonds. The van der Waals surface area contributed by atoms with Crippen molar-refractivity contribution in [3.8, 4) is 0 Å². The van der Waals surface area contributed by atoms with Crippen molar-refractivity contribution in [3.63, 3.8) is 0 Å². The van der Waals surface area contributed by atoms with Crippen molar-refractivity contribution in [2.75, 3.05) is 30.4 Å². The van der Waals surface area contributed by atoms with E-state index < -0.39 is 0 Å². The van der Waals surface area contributed by atoms with Gasteiger partial charge in [0.2, 0.25) is 5.82 Å². The fourth-order valence-corrected chi connectivity index (χ4v) is 3.08. The van der Waals surface area contributed by atoms with Gasteiger partial charge in [-0.15, -0.1) is 0 Å². The number of carbonyl (C=O) groups excluding carboxylic acids is 1. The van der Waals surface area contributed by atoms with Gasteiger partial charge < -0.3 is 15.5 Å². The minimum atomic E-state index is -0.268. The molecule has 26 heavy (non-hydrogen) atoms. The van der Waals surface area contributed by atoms with Gasteiger partial charge in [0.1, 0.15) is 18.0 Å². The Morgan fingerprint density at radius 2 is 1.88 bits per heavy atom. The molecular formula is C18H25N7O. The Bertz CT molecular complexity index is 837. The van der Waals surface area contributed by atoms with E-state index in [1.54, 1.807) is 13.4 Å². The zero-order valence-corrected chi connectivity index (χ0v) is 15.9. The fourth-order valence-electron chi connectivity index (χ4n) is 3.08. The number of hydrogen-bond acceptors (Lipinski definition) is 7. The average Bonchev–Trinajstić information content (AvgIpc) is 3.08. The molecule has 0 radical (unpaired) electrons. The van der Waals surface area contributed by atoms with Crippen LogP contribution in [-0.4, -0.2) is 52.0 Å². The summed E-state index contributed by atoms with van der Waals surface area (Å²) < 4.78 is 0. The molecule has 1 atom stereocenters. The molecule has 1 aliphatic heterocycles. The number of rotatable bonds is 4. The van der Waals surface area contributed by atoms with Crippen molar-refractivity contribution in [1.82, 2.24) is 25.3 Å². The average molecular weight is 355 g/mol. The molecule has 3 heterocycles. The first kappa shape index (κ1) is 18.0.